The van der Waals surface area contributed by atoms with E-state index in [4.69, 9.17) is 4.98 Å². The summed E-state index contributed by atoms with van der Waals surface area (Å²) in [7, 11) is 0. The highest BCUT2D eigenvalue weighted by Gasteiger charge is 2.09. The molecule has 104 valence electrons. The second-order valence-corrected chi connectivity index (χ2v) is 5.18. The van der Waals surface area contributed by atoms with E-state index in [1.54, 1.807) is 0 Å². The Hall–Kier alpha value is -3.00. The summed E-state index contributed by atoms with van der Waals surface area (Å²) < 4.78 is 0. The van der Waals surface area contributed by atoms with Crippen LogP contribution in [0.4, 0.5) is 0 Å². The van der Waals surface area contributed by atoms with Gasteiger partial charge in [0, 0.05) is 17.1 Å². The Morgan fingerprint density at radius 1 is 0.682 bits per heavy atom. The molecule has 4 aromatic rings. The van der Waals surface area contributed by atoms with Gasteiger partial charge >= 0.3 is 0 Å². The minimum absolute atomic E-state index is 0.919. The highest BCUT2D eigenvalue weighted by molar-refractivity contribution is 5.96. The first-order valence-corrected chi connectivity index (χ1v) is 7.27. The molecule has 0 unspecified atom stereocenters. The highest BCUT2D eigenvalue weighted by atomic mass is 14.7. The van der Waals surface area contributed by atoms with Gasteiger partial charge < -0.3 is 0 Å². The van der Waals surface area contributed by atoms with Gasteiger partial charge in [0.1, 0.15) is 0 Å². The SMILES string of the molecule is c1ccc(-c2cc(-c3ccccc3)c3ccncc3n2)cc1. The van der Waals surface area contributed by atoms with Crippen molar-refractivity contribution in [2.24, 2.45) is 0 Å². The van der Waals surface area contributed by atoms with Crippen LogP contribution in [0.1, 0.15) is 0 Å². The molecule has 0 amide bonds. The van der Waals surface area contributed by atoms with Crippen LogP contribution in [0.3, 0.4) is 0 Å². The number of rotatable bonds is 2. The standard InChI is InChI=1S/C20H14N2/c1-3-7-15(8-4-1)18-13-19(16-9-5-2-6-10-16)22-20-14-21-12-11-17(18)20/h1-14H. The molecule has 0 aliphatic carbocycles. The van der Waals surface area contributed by atoms with Gasteiger partial charge in [0.05, 0.1) is 17.4 Å². The van der Waals surface area contributed by atoms with Crippen molar-refractivity contribution >= 4 is 10.9 Å². The topological polar surface area (TPSA) is 25.8 Å². The molecule has 2 heteroatoms. The summed E-state index contributed by atoms with van der Waals surface area (Å²) in [6.45, 7) is 0. The van der Waals surface area contributed by atoms with Crippen LogP contribution in [0.25, 0.3) is 33.3 Å². The third-order valence-corrected chi connectivity index (χ3v) is 3.77. The van der Waals surface area contributed by atoms with Crippen LogP contribution in [-0.2, 0) is 0 Å². The van der Waals surface area contributed by atoms with Gasteiger partial charge in [-0.2, -0.15) is 0 Å². The van der Waals surface area contributed by atoms with E-state index in [9.17, 15) is 0 Å². The largest absolute Gasteiger partial charge is 0.262 e. The van der Waals surface area contributed by atoms with E-state index >= 15 is 0 Å². The molecule has 0 aliphatic rings. The Morgan fingerprint density at radius 3 is 2.09 bits per heavy atom. The van der Waals surface area contributed by atoms with Gasteiger partial charge in [0.15, 0.2) is 0 Å². The normalized spacial score (nSPS) is 10.7. The lowest BCUT2D eigenvalue weighted by Gasteiger charge is -2.10. The van der Waals surface area contributed by atoms with E-state index in [1.165, 1.54) is 11.1 Å². The molecule has 0 bridgehead atoms. The molecular weight excluding hydrogens is 268 g/mol. The first-order valence-electron chi connectivity index (χ1n) is 7.27. The summed E-state index contributed by atoms with van der Waals surface area (Å²) in [5, 5.41) is 1.13. The zero-order valence-corrected chi connectivity index (χ0v) is 12.0. The maximum Gasteiger partial charge on any atom is 0.0898 e. The van der Waals surface area contributed by atoms with Crippen LogP contribution in [0.2, 0.25) is 0 Å². The summed E-state index contributed by atoms with van der Waals surface area (Å²) in [6, 6.07) is 24.9. The second kappa shape index (κ2) is 5.41. The van der Waals surface area contributed by atoms with Gasteiger partial charge in [-0.25, -0.2) is 4.98 Å². The first-order chi connectivity index (χ1) is 10.9. The average molecular weight is 282 g/mol. The van der Waals surface area contributed by atoms with E-state index < -0.39 is 0 Å². The van der Waals surface area contributed by atoms with Gasteiger partial charge in [0.2, 0.25) is 0 Å². The molecule has 0 radical (unpaired) electrons. The Bertz CT molecular complexity index is 916. The molecule has 0 spiro atoms. The Balaban J connectivity index is 2.02. The molecule has 2 aromatic carbocycles. The van der Waals surface area contributed by atoms with Crippen molar-refractivity contribution in [3.05, 3.63) is 85.2 Å². The first kappa shape index (κ1) is 12.7. The molecule has 0 aliphatic heterocycles. The lowest BCUT2D eigenvalue weighted by Crippen LogP contribution is -1.90. The number of fused-ring (bicyclic) bond motifs is 1. The van der Waals surface area contributed by atoms with Crippen LogP contribution >= 0.6 is 0 Å². The van der Waals surface area contributed by atoms with E-state index in [1.807, 2.05) is 42.7 Å². The number of hydrogen-bond donors (Lipinski definition) is 0. The average Bonchev–Trinajstić information content (AvgIpc) is 2.62. The van der Waals surface area contributed by atoms with Crippen LogP contribution in [-0.4, -0.2) is 9.97 Å². The van der Waals surface area contributed by atoms with Crippen molar-refractivity contribution in [3.63, 3.8) is 0 Å². The lowest BCUT2D eigenvalue weighted by atomic mass is 9.99. The number of hydrogen-bond acceptors (Lipinski definition) is 2. The smallest absolute Gasteiger partial charge is 0.0898 e. The van der Waals surface area contributed by atoms with Gasteiger partial charge in [-0.3, -0.25) is 4.98 Å². The van der Waals surface area contributed by atoms with Crippen molar-refractivity contribution in [2.45, 2.75) is 0 Å². The monoisotopic (exact) mass is 282 g/mol. The third-order valence-electron chi connectivity index (χ3n) is 3.77. The predicted octanol–water partition coefficient (Wildman–Crippen LogP) is 4.96. The molecule has 0 atom stereocenters. The van der Waals surface area contributed by atoms with Gasteiger partial charge in [-0.15, -0.1) is 0 Å². The van der Waals surface area contributed by atoms with E-state index in [0.29, 0.717) is 0 Å². The summed E-state index contributed by atoms with van der Waals surface area (Å²) >= 11 is 0. The van der Waals surface area contributed by atoms with Crippen LogP contribution in [0.5, 0.6) is 0 Å². The van der Waals surface area contributed by atoms with Gasteiger partial charge in [0.25, 0.3) is 0 Å². The fourth-order valence-corrected chi connectivity index (χ4v) is 2.69. The van der Waals surface area contributed by atoms with Crippen LogP contribution < -0.4 is 0 Å². The van der Waals surface area contributed by atoms with Crippen molar-refractivity contribution in [1.82, 2.24) is 9.97 Å². The molecule has 0 saturated heterocycles. The van der Waals surface area contributed by atoms with E-state index in [-0.39, 0.29) is 0 Å². The minimum Gasteiger partial charge on any atom is -0.262 e. The lowest BCUT2D eigenvalue weighted by molar-refractivity contribution is 1.31. The maximum absolute atomic E-state index is 4.77. The van der Waals surface area contributed by atoms with Crippen LogP contribution in [0.15, 0.2) is 85.2 Å². The Morgan fingerprint density at radius 2 is 1.36 bits per heavy atom. The highest BCUT2D eigenvalue weighted by Crippen LogP contribution is 2.31. The summed E-state index contributed by atoms with van der Waals surface area (Å²) in [6.07, 6.45) is 3.65. The van der Waals surface area contributed by atoms with E-state index in [0.717, 1.165) is 22.2 Å². The quantitative estimate of drug-likeness (QED) is 0.519. The molecule has 4 rings (SSSR count). The van der Waals surface area contributed by atoms with Gasteiger partial charge in [-0.05, 0) is 23.3 Å². The summed E-state index contributed by atoms with van der Waals surface area (Å²) in [4.78, 5) is 8.99. The molecule has 2 heterocycles. The number of nitrogens with zero attached hydrogens (tertiary/aromatic N) is 2. The molecular formula is C20H14N2. The fourth-order valence-electron chi connectivity index (χ4n) is 2.69. The minimum atomic E-state index is 0.919. The van der Waals surface area contributed by atoms with Crippen molar-refractivity contribution < 1.29 is 0 Å². The van der Waals surface area contributed by atoms with Crippen molar-refractivity contribution in [1.29, 1.82) is 0 Å². The van der Waals surface area contributed by atoms with Crippen molar-refractivity contribution in [2.75, 3.05) is 0 Å². The van der Waals surface area contributed by atoms with E-state index in [2.05, 4.69) is 47.4 Å². The summed E-state index contributed by atoms with van der Waals surface area (Å²) in [5.74, 6) is 0. The zero-order valence-electron chi connectivity index (χ0n) is 12.0. The molecule has 0 saturated carbocycles. The number of aromatic nitrogens is 2. The third kappa shape index (κ3) is 2.25. The molecule has 22 heavy (non-hydrogen) atoms. The number of benzene rings is 2. The molecule has 2 aromatic heterocycles. The van der Waals surface area contributed by atoms with Gasteiger partial charge in [-0.1, -0.05) is 60.7 Å². The second-order valence-electron chi connectivity index (χ2n) is 5.18. The molecule has 0 fully saturated rings. The molecule has 0 N–H and O–H groups in total. The maximum atomic E-state index is 4.77. The Kier molecular flexibility index (Phi) is 3.13. The molecule has 2 nitrogen and oxygen atoms in total. The predicted molar refractivity (Wildman–Crippen MR) is 90.4 cm³/mol. The fraction of sp³-hybridized carbons (Fsp3) is 0. The van der Waals surface area contributed by atoms with Crippen molar-refractivity contribution in [3.8, 4) is 22.4 Å². The zero-order chi connectivity index (χ0) is 14.8. The summed E-state index contributed by atoms with van der Waals surface area (Å²) in [5.41, 5.74) is 5.39. The number of pyridine rings is 2. The van der Waals surface area contributed by atoms with Crippen LogP contribution in [0, 0.1) is 0 Å². The Labute approximate surface area is 129 Å².